The average Bonchev–Trinajstić information content (AvgIpc) is 2.78. The fourth-order valence-corrected chi connectivity index (χ4v) is 2.78. The number of urea groups is 2. The maximum Gasteiger partial charge on any atom is 0.325 e. The van der Waals surface area contributed by atoms with Gasteiger partial charge in [-0.25, -0.2) is 14.0 Å². The van der Waals surface area contributed by atoms with Crippen LogP contribution in [-0.2, 0) is 15.1 Å². The fraction of sp³-hybridized carbons (Fsp3) is 0.375. The van der Waals surface area contributed by atoms with Crippen molar-refractivity contribution in [3.8, 4) is 0 Å². The molecule has 1 aliphatic heterocycles. The molecule has 1 fully saturated rings. The van der Waals surface area contributed by atoms with Crippen LogP contribution in [0, 0.1) is 5.82 Å². The van der Waals surface area contributed by atoms with Crippen LogP contribution < -0.4 is 16.4 Å². The van der Waals surface area contributed by atoms with Crippen molar-refractivity contribution in [1.29, 1.82) is 0 Å². The Morgan fingerprint density at radius 3 is 2.48 bits per heavy atom. The lowest BCUT2D eigenvalue weighted by Gasteiger charge is -2.27. The van der Waals surface area contributed by atoms with Gasteiger partial charge in [0, 0.05) is 0 Å². The predicted molar refractivity (Wildman–Crippen MR) is 85.6 cm³/mol. The third-order valence-corrected chi connectivity index (χ3v) is 3.98. The average molecular weight is 350 g/mol. The lowest BCUT2D eigenvalue weighted by molar-refractivity contribution is -0.135. The van der Waals surface area contributed by atoms with Crippen molar-refractivity contribution >= 4 is 23.9 Å². The molecular formula is C16H19FN4O4. The number of nitrogens with two attached hydrogens (primary N) is 1. The number of unbranched alkanes of at least 4 members (excludes halogenated alkanes) is 1. The normalized spacial score (nSPS) is 19.7. The van der Waals surface area contributed by atoms with Crippen molar-refractivity contribution in [3.63, 3.8) is 0 Å². The van der Waals surface area contributed by atoms with Crippen molar-refractivity contribution in [1.82, 2.24) is 15.5 Å². The van der Waals surface area contributed by atoms with E-state index >= 15 is 0 Å². The molecule has 1 heterocycles. The van der Waals surface area contributed by atoms with Crippen molar-refractivity contribution in [2.75, 3.05) is 6.54 Å². The largest absolute Gasteiger partial charge is 0.351 e. The molecule has 0 spiro atoms. The summed E-state index contributed by atoms with van der Waals surface area (Å²) < 4.78 is 13.2. The number of carbonyl (C=O) groups is 4. The van der Waals surface area contributed by atoms with Gasteiger partial charge in [-0.3, -0.25) is 19.8 Å². The Balaban J connectivity index is 2.33. The minimum Gasteiger partial charge on any atom is -0.351 e. The highest BCUT2D eigenvalue weighted by molar-refractivity contribution is 6.10. The van der Waals surface area contributed by atoms with E-state index in [0.29, 0.717) is 18.4 Å². The van der Waals surface area contributed by atoms with Gasteiger partial charge in [0.2, 0.25) is 5.91 Å². The highest BCUT2D eigenvalue weighted by Crippen LogP contribution is 2.34. The molecule has 0 aromatic heterocycles. The number of nitrogens with zero attached hydrogens (tertiary/aromatic N) is 1. The number of nitrogens with one attached hydrogen (secondary N) is 2. The van der Waals surface area contributed by atoms with E-state index in [1.807, 2.05) is 6.92 Å². The number of imide groups is 2. The first kappa shape index (κ1) is 18.4. The summed E-state index contributed by atoms with van der Waals surface area (Å²) in [7, 11) is 0. The maximum absolute atomic E-state index is 13.2. The number of halogens is 1. The predicted octanol–water partition coefficient (Wildman–Crippen LogP) is 0.958. The first-order valence-corrected chi connectivity index (χ1v) is 7.79. The van der Waals surface area contributed by atoms with E-state index in [1.54, 1.807) is 5.32 Å². The Labute approximate surface area is 143 Å². The Hall–Kier alpha value is -2.97. The molecule has 0 bridgehead atoms. The number of rotatable bonds is 6. The van der Waals surface area contributed by atoms with Crippen LogP contribution in [0.3, 0.4) is 0 Å². The number of carbonyl (C=O) groups excluding carboxylic acids is 4. The molecule has 1 aromatic rings. The molecule has 6 amide bonds. The van der Waals surface area contributed by atoms with Gasteiger partial charge in [0.15, 0.2) is 0 Å². The third-order valence-electron chi connectivity index (χ3n) is 3.98. The Morgan fingerprint density at radius 2 is 1.92 bits per heavy atom. The van der Waals surface area contributed by atoms with E-state index in [1.165, 1.54) is 24.3 Å². The minimum absolute atomic E-state index is 0.299. The van der Waals surface area contributed by atoms with Crippen LogP contribution in [0.2, 0.25) is 0 Å². The van der Waals surface area contributed by atoms with Crippen molar-refractivity contribution < 1.29 is 23.6 Å². The van der Waals surface area contributed by atoms with Crippen molar-refractivity contribution in [2.45, 2.75) is 31.7 Å². The highest BCUT2D eigenvalue weighted by atomic mass is 19.1. The fourth-order valence-electron chi connectivity index (χ4n) is 2.78. The summed E-state index contributed by atoms with van der Waals surface area (Å²) in [5, 5.41) is 4.42. The molecule has 0 saturated carbocycles. The van der Waals surface area contributed by atoms with Gasteiger partial charge in [-0.2, -0.15) is 0 Å². The van der Waals surface area contributed by atoms with E-state index in [-0.39, 0.29) is 0 Å². The zero-order valence-corrected chi connectivity index (χ0v) is 13.7. The monoisotopic (exact) mass is 350 g/mol. The molecule has 8 nitrogen and oxygen atoms in total. The second kappa shape index (κ2) is 7.29. The molecule has 1 saturated heterocycles. The van der Waals surface area contributed by atoms with Crippen LogP contribution in [-0.4, -0.2) is 35.3 Å². The van der Waals surface area contributed by atoms with Crippen LogP contribution >= 0.6 is 0 Å². The molecule has 1 aromatic carbocycles. The summed E-state index contributed by atoms with van der Waals surface area (Å²) in [5.74, 6) is -1.97. The molecule has 2 rings (SSSR count). The number of amides is 6. The molecule has 0 radical (unpaired) electrons. The topological polar surface area (TPSA) is 122 Å². The molecule has 134 valence electrons. The summed E-state index contributed by atoms with van der Waals surface area (Å²) in [6.45, 7) is 1.29. The van der Waals surface area contributed by atoms with Gasteiger partial charge < -0.3 is 11.1 Å². The van der Waals surface area contributed by atoms with Crippen molar-refractivity contribution in [3.05, 3.63) is 35.6 Å². The summed E-state index contributed by atoms with van der Waals surface area (Å²) in [6, 6.07) is 3.42. The quantitative estimate of drug-likeness (QED) is 0.661. The van der Waals surface area contributed by atoms with Crippen LogP contribution in [0.1, 0.15) is 31.7 Å². The number of hydrogen-bond donors (Lipinski definition) is 3. The molecular weight excluding hydrogens is 331 g/mol. The number of hydrogen-bond acceptors (Lipinski definition) is 4. The lowest BCUT2D eigenvalue weighted by atomic mass is 9.85. The summed E-state index contributed by atoms with van der Waals surface area (Å²) in [5.41, 5.74) is 3.91. The number of primary amides is 1. The van der Waals surface area contributed by atoms with E-state index in [0.717, 1.165) is 11.3 Å². The van der Waals surface area contributed by atoms with Gasteiger partial charge in [-0.05, 0) is 24.1 Å². The standard InChI is InChI=1S/C16H19FN4O4/c1-2-3-8-16(10-4-6-11(17)7-5-10)13(23)21(15(25)20-16)9-12(22)19-14(18)24/h4-7H,2-3,8-9H2,1H3,(H,20,25)(H3,18,19,22,24)/t16-/m0/s1. The van der Waals surface area contributed by atoms with Crippen LogP contribution in [0.15, 0.2) is 24.3 Å². The van der Waals surface area contributed by atoms with Gasteiger partial charge in [0.1, 0.15) is 17.9 Å². The first-order valence-electron chi connectivity index (χ1n) is 7.79. The van der Waals surface area contributed by atoms with Gasteiger partial charge in [-0.1, -0.05) is 31.9 Å². The number of benzene rings is 1. The molecule has 1 atom stereocenters. The Morgan fingerprint density at radius 1 is 1.28 bits per heavy atom. The van der Waals surface area contributed by atoms with Crippen molar-refractivity contribution in [2.24, 2.45) is 5.73 Å². The van der Waals surface area contributed by atoms with E-state index in [9.17, 15) is 23.6 Å². The summed E-state index contributed by atoms with van der Waals surface area (Å²) in [4.78, 5) is 48.3. The SMILES string of the molecule is CCCC[C@@]1(c2ccc(F)cc2)NC(=O)N(CC(=O)NC(N)=O)C1=O. The second-order valence-corrected chi connectivity index (χ2v) is 5.75. The molecule has 1 aliphatic rings. The Bertz CT molecular complexity index is 707. The molecule has 0 unspecified atom stereocenters. The smallest absolute Gasteiger partial charge is 0.325 e. The van der Waals surface area contributed by atoms with Gasteiger partial charge in [-0.15, -0.1) is 0 Å². The lowest BCUT2D eigenvalue weighted by Crippen LogP contribution is -2.46. The van der Waals surface area contributed by atoms with Crippen LogP contribution in [0.4, 0.5) is 14.0 Å². The van der Waals surface area contributed by atoms with E-state index < -0.39 is 41.8 Å². The zero-order chi connectivity index (χ0) is 18.6. The van der Waals surface area contributed by atoms with Gasteiger partial charge in [0.25, 0.3) is 5.91 Å². The van der Waals surface area contributed by atoms with Gasteiger partial charge >= 0.3 is 12.1 Å². The van der Waals surface area contributed by atoms with Crippen LogP contribution in [0.5, 0.6) is 0 Å². The molecule has 9 heteroatoms. The summed E-state index contributed by atoms with van der Waals surface area (Å²) in [6.07, 6.45) is 1.70. The second-order valence-electron chi connectivity index (χ2n) is 5.75. The van der Waals surface area contributed by atoms with E-state index in [4.69, 9.17) is 5.73 Å². The summed E-state index contributed by atoms with van der Waals surface area (Å²) >= 11 is 0. The molecule has 25 heavy (non-hydrogen) atoms. The highest BCUT2D eigenvalue weighted by Gasteiger charge is 2.52. The Kier molecular flexibility index (Phi) is 5.35. The molecule has 4 N–H and O–H groups in total. The van der Waals surface area contributed by atoms with Gasteiger partial charge in [0.05, 0.1) is 0 Å². The maximum atomic E-state index is 13.2. The van der Waals surface area contributed by atoms with E-state index in [2.05, 4.69) is 5.32 Å². The zero-order valence-electron chi connectivity index (χ0n) is 13.7. The first-order chi connectivity index (χ1) is 11.8. The third kappa shape index (κ3) is 3.76. The minimum atomic E-state index is -1.37. The molecule has 0 aliphatic carbocycles. The van der Waals surface area contributed by atoms with Crippen LogP contribution in [0.25, 0.3) is 0 Å².